The molecule has 1 aliphatic rings. The molecule has 23 heavy (non-hydrogen) atoms. The number of hydrogen-bond donors (Lipinski definition) is 0. The summed E-state index contributed by atoms with van der Waals surface area (Å²) in [6.45, 7) is 5.99. The highest BCUT2D eigenvalue weighted by molar-refractivity contribution is 5.87. The van der Waals surface area contributed by atoms with Gasteiger partial charge in [-0.2, -0.15) is 0 Å². The van der Waals surface area contributed by atoms with Gasteiger partial charge in [-0.1, -0.05) is 36.4 Å². The Morgan fingerprint density at radius 2 is 1.57 bits per heavy atom. The summed E-state index contributed by atoms with van der Waals surface area (Å²) in [7, 11) is 0. The molecule has 0 atom stereocenters. The van der Waals surface area contributed by atoms with E-state index in [-0.39, 0.29) is 0 Å². The average molecular weight is 304 g/mol. The molecule has 0 saturated carbocycles. The number of hydrogen-bond acceptors (Lipinski definition) is 1. The molecule has 0 spiro atoms. The Bertz CT molecular complexity index is 795. The van der Waals surface area contributed by atoms with E-state index in [9.17, 15) is 0 Å². The van der Waals surface area contributed by atoms with Gasteiger partial charge in [0.25, 0.3) is 0 Å². The second-order valence-corrected chi connectivity index (χ2v) is 6.56. The van der Waals surface area contributed by atoms with E-state index in [1.807, 2.05) is 0 Å². The molecule has 1 saturated heterocycles. The Morgan fingerprint density at radius 1 is 0.870 bits per heavy atom. The molecule has 2 nitrogen and oxygen atoms in total. The molecule has 3 aromatic rings. The van der Waals surface area contributed by atoms with Gasteiger partial charge >= 0.3 is 0 Å². The second kappa shape index (κ2) is 6.21. The van der Waals surface area contributed by atoms with Gasteiger partial charge < -0.3 is 9.47 Å². The monoisotopic (exact) mass is 304 g/mol. The van der Waals surface area contributed by atoms with Gasteiger partial charge in [0.15, 0.2) is 0 Å². The van der Waals surface area contributed by atoms with Crippen molar-refractivity contribution in [3.8, 4) is 5.69 Å². The van der Waals surface area contributed by atoms with E-state index in [0.29, 0.717) is 0 Å². The molecular formula is C21H24N2. The number of aryl methyl sites for hydroxylation is 1. The number of nitrogens with zero attached hydrogens (tertiary/aromatic N) is 2. The van der Waals surface area contributed by atoms with Gasteiger partial charge in [0.1, 0.15) is 0 Å². The Kier molecular flexibility index (Phi) is 3.92. The molecule has 0 amide bonds. The predicted molar refractivity (Wildman–Crippen MR) is 97.4 cm³/mol. The molecule has 1 fully saturated rings. The highest BCUT2D eigenvalue weighted by Crippen LogP contribution is 2.29. The largest absolute Gasteiger partial charge is 0.313 e. The van der Waals surface area contributed by atoms with Gasteiger partial charge in [-0.15, -0.1) is 0 Å². The van der Waals surface area contributed by atoms with Crippen LogP contribution in [0, 0.1) is 6.92 Å². The minimum Gasteiger partial charge on any atom is -0.313 e. The van der Waals surface area contributed by atoms with Crippen LogP contribution >= 0.6 is 0 Å². The summed E-state index contributed by atoms with van der Waals surface area (Å²) >= 11 is 0. The number of likely N-dealkylation sites (tertiary alicyclic amines) is 1. The van der Waals surface area contributed by atoms with E-state index in [2.05, 4.69) is 71.0 Å². The fourth-order valence-corrected chi connectivity index (χ4v) is 3.90. The summed E-state index contributed by atoms with van der Waals surface area (Å²) < 4.78 is 2.46. The molecule has 0 N–H and O–H groups in total. The highest BCUT2D eigenvalue weighted by Gasteiger charge is 2.17. The molecule has 2 aromatic carbocycles. The SMILES string of the molecule is Cc1c(CCN2CCCC2)n(-c2ccccc2)c2ccccc12. The summed E-state index contributed by atoms with van der Waals surface area (Å²) in [5.41, 5.74) is 5.49. The van der Waals surface area contributed by atoms with Crippen molar-refractivity contribution in [2.24, 2.45) is 0 Å². The first-order chi connectivity index (χ1) is 11.3. The van der Waals surface area contributed by atoms with Gasteiger partial charge in [-0.3, -0.25) is 0 Å². The molecular weight excluding hydrogens is 280 g/mol. The quantitative estimate of drug-likeness (QED) is 0.685. The van der Waals surface area contributed by atoms with Crippen molar-refractivity contribution in [1.82, 2.24) is 9.47 Å². The van der Waals surface area contributed by atoms with E-state index in [0.717, 1.165) is 6.42 Å². The molecule has 0 unspecified atom stereocenters. The molecule has 2 heteroatoms. The lowest BCUT2D eigenvalue weighted by atomic mass is 10.1. The van der Waals surface area contributed by atoms with Crippen LogP contribution in [-0.2, 0) is 6.42 Å². The smallest absolute Gasteiger partial charge is 0.0534 e. The van der Waals surface area contributed by atoms with Crippen LogP contribution in [-0.4, -0.2) is 29.1 Å². The summed E-state index contributed by atoms with van der Waals surface area (Å²) in [4.78, 5) is 2.60. The van der Waals surface area contributed by atoms with Gasteiger partial charge in [0, 0.05) is 29.7 Å². The van der Waals surface area contributed by atoms with Crippen molar-refractivity contribution < 1.29 is 0 Å². The number of fused-ring (bicyclic) bond motifs is 1. The van der Waals surface area contributed by atoms with Crippen molar-refractivity contribution in [3.63, 3.8) is 0 Å². The lowest BCUT2D eigenvalue weighted by Gasteiger charge is -2.17. The van der Waals surface area contributed by atoms with Gasteiger partial charge in [0.2, 0.25) is 0 Å². The van der Waals surface area contributed by atoms with Crippen molar-refractivity contribution in [3.05, 3.63) is 65.9 Å². The first-order valence-corrected chi connectivity index (χ1v) is 8.71. The fourth-order valence-electron chi connectivity index (χ4n) is 3.90. The maximum absolute atomic E-state index is 2.60. The maximum atomic E-state index is 2.60. The molecule has 4 rings (SSSR count). The molecule has 0 aliphatic carbocycles. The minimum absolute atomic E-state index is 1.12. The third-order valence-electron chi connectivity index (χ3n) is 5.13. The van der Waals surface area contributed by atoms with E-state index < -0.39 is 0 Å². The minimum atomic E-state index is 1.12. The summed E-state index contributed by atoms with van der Waals surface area (Å²) in [5, 5.41) is 1.38. The first kappa shape index (κ1) is 14.5. The molecule has 0 bridgehead atoms. The average Bonchev–Trinajstić information content (AvgIpc) is 3.21. The lowest BCUT2D eigenvalue weighted by Crippen LogP contribution is -2.23. The molecule has 1 aromatic heterocycles. The van der Waals surface area contributed by atoms with Crippen LogP contribution in [0.2, 0.25) is 0 Å². The topological polar surface area (TPSA) is 8.17 Å². The van der Waals surface area contributed by atoms with Crippen LogP contribution in [0.3, 0.4) is 0 Å². The van der Waals surface area contributed by atoms with E-state index in [1.54, 1.807) is 0 Å². The Hall–Kier alpha value is -2.06. The standard InChI is InChI=1S/C21H24N2/c1-17-19-11-5-6-12-21(19)23(18-9-3-2-4-10-18)20(17)13-16-22-14-7-8-15-22/h2-6,9-12H,7-8,13-16H2,1H3. The van der Waals surface area contributed by atoms with Crippen LogP contribution < -0.4 is 0 Å². The van der Waals surface area contributed by atoms with Gasteiger partial charge in [-0.05, 0) is 56.6 Å². The second-order valence-electron chi connectivity index (χ2n) is 6.56. The summed E-state index contributed by atoms with van der Waals surface area (Å²) in [5.74, 6) is 0. The number of rotatable bonds is 4. The van der Waals surface area contributed by atoms with Crippen LogP contribution in [0.4, 0.5) is 0 Å². The number of para-hydroxylation sites is 2. The number of aromatic nitrogens is 1. The van der Waals surface area contributed by atoms with E-state index >= 15 is 0 Å². The first-order valence-electron chi connectivity index (χ1n) is 8.71. The lowest BCUT2D eigenvalue weighted by molar-refractivity contribution is 0.341. The normalized spacial score (nSPS) is 15.5. The molecule has 2 heterocycles. The summed E-state index contributed by atoms with van der Waals surface area (Å²) in [6, 6.07) is 19.6. The Labute approximate surface area is 138 Å². The maximum Gasteiger partial charge on any atom is 0.0534 e. The Morgan fingerprint density at radius 3 is 2.35 bits per heavy atom. The van der Waals surface area contributed by atoms with Gasteiger partial charge in [-0.25, -0.2) is 0 Å². The van der Waals surface area contributed by atoms with Crippen molar-refractivity contribution in [2.45, 2.75) is 26.2 Å². The summed E-state index contributed by atoms with van der Waals surface area (Å²) in [6.07, 6.45) is 3.84. The molecule has 118 valence electrons. The van der Waals surface area contributed by atoms with E-state index in [1.165, 1.54) is 60.3 Å². The van der Waals surface area contributed by atoms with Crippen molar-refractivity contribution >= 4 is 10.9 Å². The van der Waals surface area contributed by atoms with Crippen LogP contribution in [0.1, 0.15) is 24.1 Å². The molecule has 0 radical (unpaired) electrons. The number of benzene rings is 2. The van der Waals surface area contributed by atoms with Crippen molar-refractivity contribution in [1.29, 1.82) is 0 Å². The van der Waals surface area contributed by atoms with Crippen LogP contribution in [0.5, 0.6) is 0 Å². The highest BCUT2D eigenvalue weighted by atomic mass is 15.1. The van der Waals surface area contributed by atoms with Crippen LogP contribution in [0.15, 0.2) is 54.6 Å². The zero-order valence-corrected chi connectivity index (χ0v) is 13.8. The third kappa shape index (κ3) is 2.68. The van der Waals surface area contributed by atoms with Crippen LogP contribution in [0.25, 0.3) is 16.6 Å². The van der Waals surface area contributed by atoms with E-state index in [4.69, 9.17) is 0 Å². The van der Waals surface area contributed by atoms with Gasteiger partial charge in [0.05, 0.1) is 5.52 Å². The molecule has 1 aliphatic heterocycles. The Balaban J connectivity index is 1.79. The zero-order chi connectivity index (χ0) is 15.6. The fraction of sp³-hybridized carbons (Fsp3) is 0.333. The predicted octanol–water partition coefficient (Wildman–Crippen LogP) is 4.58. The third-order valence-corrected chi connectivity index (χ3v) is 5.13. The zero-order valence-electron chi connectivity index (χ0n) is 13.8. The van der Waals surface area contributed by atoms with Crippen molar-refractivity contribution in [2.75, 3.05) is 19.6 Å².